The third-order valence-corrected chi connectivity index (χ3v) is 8.12. The van der Waals surface area contributed by atoms with Crippen molar-refractivity contribution in [3.63, 3.8) is 0 Å². The van der Waals surface area contributed by atoms with Gasteiger partial charge in [-0.15, -0.1) is 5.10 Å². The van der Waals surface area contributed by atoms with Crippen molar-refractivity contribution in [3.05, 3.63) is 64.0 Å². The lowest BCUT2D eigenvalue weighted by molar-refractivity contribution is -0.180. The molecule has 1 aliphatic heterocycles. The SMILES string of the molecule is O=S(=O)(c1ccc(Cl)c(Cl)c1)[C@H]1O[C@H](CO)[C@H](O)[C@H](n2cc(-c3cc(F)c(F)c(F)c3)nn2)[C@H]1O. The zero-order chi connectivity index (χ0) is 25.7. The summed E-state index contributed by atoms with van der Waals surface area (Å²) in [5.74, 6) is -4.64. The van der Waals surface area contributed by atoms with Gasteiger partial charge in [0, 0.05) is 5.56 Å². The minimum absolute atomic E-state index is 0.0759. The topological polar surface area (TPSA) is 135 Å². The molecule has 35 heavy (non-hydrogen) atoms. The molecule has 0 aliphatic carbocycles. The van der Waals surface area contributed by atoms with Crippen LogP contribution in [0.3, 0.4) is 0 Å². The summed E-state index contributed by atoms with van der Waals surface area (Å²) in [6, 6.07) is 3.22. The highest BCUT2D eigenvalue weighted by Crippen LogP contribution is 2.36. The van der Waals surface area contributed by atoms with Gasteiger partial charge < -0.3 is 20.1 Å². The number of ether oxygens (including phenoxy) is 1. The van der Waals surface area contributed by atoms with Crippen LogP contribution in [0.15, 0.2) is 41.4 Å². The number of aromatic nitrogens is 3. The van der Waals surface area contributed by atoms with Crippen LogP contribution in [-0.2, 0) is 14.6 Å². The van der Waals surface area contributed by atoms with Gasteiger partial charge in [-0.05, 0) is 30.3 Å². The van der Waals surface area contributed by atoms with Crippen molar-refractivity contribution in [1.29, 1.82) is 0 Å². The predicted molar refractivity (Wildman–Crippen MR) is 116 cm³/mol. The predicted octanol–water partition coefficient (Wildman–Crippen LogP) is 2.12. The third kappa shape index (κ3) is 4.65. The molecular weight excluding hydrogens is 538 g/mol. The fourth-order valence-corrected chi connectivity index (χ4v) is 5.67. The highest BCUT2D eigenvalue weighted by atomic mass is 35.5. The molecule has 9 nitrogen and oxygen atoms in total. The molecule has 0 unspecified atom stereocenters. The molecular formula is C20H16Cl2F3N3O6S. The van der Waals surface area contributed by atoms with Gasteiger partial charge in [0.25, 0.3) is 0 Å². The highest BCUT2D eigenvalue weighted by Gasteiger charge is 2.51. The van der Waals surface area contributed by atoms with Crippen LogP contribution in [0, 0.1) is 17.5 Å². The Morgan fingerprint density at radius 1 is 1.03 bits per heavy atom. The average Bonchev–Trinajstić information content (AvgIpc) is 3.28. The first kappa shape index (κ1) is 25.8. The van der Waals surface area contributed by atoms with E-state index in [1.54, 1.807) is 0 Å². The zero-order valence-corrected chi connectivity index (χ0v) is 19.6. The van der Waals surface area contributed by atoms with E-state index in [9.17, 15) is 36.9 Å². The molecule has 0 bridgehead atoms. The van der Waals surface area contributed by atoms with Gasteiger partial charge in [-0.1, -0.05) is 28.4 Å². The molecule has 2 aromatic carbocycles. The molecule has 2 heterocycles. The number of hydrogen-bond donors (Lipinski definition) is 3. The van der Waals surface area contributed by atoms with E-state index < -0.39 is 63.7 Å². The Kier molecular flexibility index (Phi) is 7.12. The van der Waals surface area contributed by atoms with Gasteiger partial charge in [0.05, 0.1) is 27.7 Å². The summed E-state index contributed by atoms with van der Waals surface area (Å²) in [7, 11) is -4.46. The van der Waals surface area contributed by atoms with Crippen molar-refractivity contribution in [1.82, 2.24) is 15.0 Å². The number of rotatable bonds is 5. The second-order valence-electron chi connectivity index (χ2n) is 7.66. The van der Waals surface area contributed by atoms with Crippen LogP contribution in [0.25, 0.3) is 11.3 Å². The summed E-state index contributed by atoms with van der Waals surface area (Å²) in [6.45, 7) is -0.826. The minimum Gasteiger partial charge on any atom is -0.394 e. The fraction of sp³-hybridized carbons (Fsp3) is 0.300. The molecule has 3 aromatic rings. The maximum atomic E-state index is 13.6. The molecule has 0 saturated carbocycles. The van der Waals surface area contributed by atoms with E-state index in [0.717, 1.165) is 23.0 Å². The number of aliphatic hydroxyl groups is 3. The quantitative estimate of drug-likeness (QED) is 0.409. The molecule has 4 rings (SSSR count). The fourth-order valence-electron chi connectivity index (χ4n) is 3.68. The molecule has 0 spiro atoms. The van der Waals surface area contributed by atoms with Gasteiger partial charge >= 0.3 is 0 Å². The second-order valence-corrected chi connectivity index (χ2v) is 10.5. The van der Waals surface area contributed by atoms with Crippen LogP contribution in [-0.4, -0.2) is 69.1 Å². The lowest BCUT2D eigenvalue weighted by Crippen LogP contribution is -2.58. The molecule has 1 fully saturated rings. The number of benzene rings is 2. The van der Waals surface area contributed by atoms with E-state index >= 15 is 0 Å². The van der Waals surface area contributed by atoms with Crippen LogP contribution in [0.4, 0.5) is 13.2 Å². The molecule has 0 radical (unpaired) electrons. The Labute approximate surface area is 206 Å². The Morgan fingerprint density at radius 2 is 1.69 bits per heavy atom. The van der Waals surface area contributed by atoms with E-state index in [-0.39, 0.29) is 26.2 Å². The highest BCUT2D eigenvalue weighted by molar-refractivity contribution is 7.92. The summed E-state index contributed by atoms with van der Waals surface area (Å²) < 4.78 is 73.2. The molecule has 0 amide bonds. The molecule has 188 valence electrons. The van der Waals surface area contributed by atoms with E-state index in [2.05, 4.69) is 10.3 Å². The summed E-state index contributed by atoms with van der Waals surface area (Å²) >= 11 is 11.7. The van der Waals surface area contributed by atoms with Crippen LogP contribution in [0.5, 0.6) is 0 Å². The number of nitrogens with zero attached hydrogens (tertiary/aromatic N) is 3. The maximum Gasteiger partial charge on any atom is 0.207 e. The summed E-state index contributed by atoms with van der Waals surface area (Å²) in [6.07, 6.45) is -4.04. The lowest BCUT2D eigenvalue weighted by atomic mass is 9.97. The molecule has 15 heteroatoms. The monoisotopic (exact) mass is 553 g/mol. The van der Waals surface area contributed by atoms with Crippen LogP contribution >= 0.6 is 23.2 Å². The lowest BCUT2D eigenvalue weighted by Gasteiger charge is -2.41. The minimum atomic E-state index is -4.46. The summed E-state index contributed by atoms with van der Waals surface area (Å²) in [5, 5.41) is 38.7. The largest absolute Gasteiger partial charge is 0.394 e. The van der Waals surface area contributed by atoms with Crippen molar-refractivity contribution in [2.45, 2.75) is 34.7 Å². The van der Waals surface area contributed by atoms with Crippen LogP contribution in [0.2, 0.25) is 10.0 Å². The molecule has 1 aliphatic rings. The van der Waals surface area contributed by atoms with Gasteiger partial charge in [-0.25, -0.2) is 26.3 Å². The van der Waals surface area contributed by atoms with E-state index in [0.29, 0.717) is 12.1 Å². The van der Waals surface area contributed by atoms with Crippen molar-refractivity contribution in [2.24, 2.45) is 0 Å². The number of hydrogen-bond acceptors (Lipinski definition) is 8. The van der Waals surface area contributed by atoms with E-state index in [4.69, 9.17) is 27.9 Å². The standard InChI is InChI=1S/C20H16Cl2F3N3O6S/c21-10-2-1-9(5-11(10)22)35(32,33)20-19(31)17(18(30)15(7-29)34-20)28-6-14(26-27-28)8-3-12(23)16(25)13(24)4-8/h1-6,15,17-20,29-31H,7H2/t15-,17+,18+,19-,20-/m1/s1. The molecule has 1 aromatic heterocycles. The number of sulfone groups is 1. The Morgan fingerprint density at radius 3 is 2.29 bits per heavy atom. The van der Waals surface area contributed by atoms with Crippen molar-refractivity contribution in [3.8, 4) is 11.3 Å². The van der Waals surface area contributed by atoms with E-state index in [1.165, 1.54) is 6.07 Å². The maximum absolute atomic E-state index is 13.6. The molecule has 3 N–H and O–H groups in total. The summed E-state index contributed by atoms with van der Waals surface area (Å²) in [4.78, 5) is -0.348. The summed E-state index contributed by atoms with van der Waals surface area (Å²) in [5.41, 5.74) is -2.36. The Bertz CT molecular complexity index is 1350. The first-order valence-corrected chi connectivity index (χ1v) is 12.1. The van der Waals surface area contributed by atoms with Crippen molar-refractivity contribution >= 4 is 33.0 Å². The van der Waals surface area contributed by atoms with Gasteiger partial charge in [0.2, 0.25) is 9.84 Å². The van der Waals surface area contributed by atoms with Crippen LogP contribution in [0.1, 0.15) is 6.04 Å². The van der Waals surface area contributed by atoms with Gasteiger partial charge in [-0.2, -0.15) is 0 Å². The average molecular weight is 554 g/mol. The van der Waals surface area contributed by atoms with Crippen molar-refractivity contribution < 1.29 is 41.6 Å². The molecule has 1 saturated heterocycles. The first-order valence-electron chi connectivity index (χ1n) is 9.84. The number of aliphatic hydroxyl groups excluding tert-OH is 3. The third-order valence-electron chi connectivity index (χ3n) is 5.47. The normalized spacial score (nSPS) is 25.1. The Hall–Kier alpha value is -2.26. The zero-order valence-electron chi connectivity index (χ0n) is 17.3. The van der Waals surface area contributed by atoms with Gasteiger partial charge in [0.1, 0.15) is 30.0 Å². The van der Waals surface area contributed by atoms with E-state index in [1.807, 2.05) is 0 Å². The Balaban J connectivity index is 1.73. The molecule has 5 atom stereocenters. The van der Waals surface area contributed by atoms with Crippen LogP contribution < -0.4 is 0 Å². The smallest absolute Gasteiger partial charge is 0.207 e. The van der Waals surface area contributed by atoms with Gasteiger partial charge in [0.15, 0.2) is 22.9 Å². The first-order chi connectivity index (χ1) is 16.4. The number of halogens is 5. The van der Waals surface area contributed by atoms with Gasteiger partial charge in [-0.3, -0.25) is 0 Å². The van der Waals surface area contributed by atoms with Crippen molar-refractivity contribution in [2.75, 3.05) is 6.61 Å². The second kappa shape index (κ2) is 9.65.